The quantitative estimate of drug-likeness (QED) is 0.216. The molecule has 0 unspecified atom stereocenters. The fourth-order valence-corrected chi connectivity index (χ4v) is 3.57. The highest BCUT2D eigenvalue weighted by Crippen LogP contribution is 2.22. The summed E-state index contributed by atoms with van der Waals surface area (Å²) in [6.45, 7) is 6.64. The van der Waals surface area contributed by atoms with Gasteiger partial charge in [0.25, 0.3) is 0 Å². The number of benzene rings is 2. The van der Waals surface area contributed by atoms with Crippen LogP contribution in [0.4, 0.5) is 0 Å². The molecule has 1 N–H and O–H groups in total. The van der Waals surface area contributed by atoms with E-state index in [-0.39, 0.29) is 23.7 Å². The van der Waals surface area contributed by atoms with Crippen LogP contribution in [0.1, 0.15) is 49.7 Å². The lowest BCUT2D eigenvalue weighted by Crippen LogP contribution is -2.22. The molecule has 1 fully saturated rings. The summed E-state index contributed by atoms with van der Waals surface area (Å²) < 4.78 is 15.9. The molecule has 0 atom stereocenters. The molecule has 36 heavy (non-hydrogen) atoms. The highest BCUT2D eigenvalue weighted by molar-refractivity contribution is 5.94. The van der Waals surface area contributed by atoms with E-state index >= 15 is 0 Å². The van der Waals surface area contributed by atoms with Crippen molar-refractivity contribution in [2.75, 3.05) is 6.61 Å². The molecular weight excluding hydrogens is 460 g/mol. The lowest BCUT2D eigenvalue weighted by Gasteiger charge is -2.21. The van der Waals surface area contributed by atoms with Crippen LogP contribution >= 0.6 is 0 Å². The monoisotopic (exact) mass is 490 g/mol. The van der Waals surface area contributed by atoms with E-state index in [1.165, 1.54) is 0 Å². The summed E-state index contributed by atoms with van der Waals surface area (Å²) >= 11 is 0. The third-order valence-corrected chi connectivity index (χ3v) is 5.63. The van der Waals surface area contributed by atoms with Crippen LogP contribution in [0.5, 0.6) is 11.5 Å². The molecule has 7 heteroatoms. The van der Waals surface area contributed by atoms with Crippen molar-refractivity contribution >= 4 is 30.1 Å². The van der Waals surface area contributed by atoms with Gasteiger partial charge in [0.1, 0.15) is 17.6 Å². The average Bonchev–Trinajstić information content (AvgIpc) is 2.89. The van der Waals surface area contributed by atoms with Crippen molar-refractivity contribution in [3.63, 3.8) is 0 Å². The van der Waals surface area contributed by atoms with Gasteiger partial charge in [-0.15, -0.1) is 0 Å². The third-order valence-electron chi connectivity index (χ3n) is 5.63. The number of rotatable bonds is 10. The minimum Gasteiger partial charge on any atom is -0.462 e. The number of hydrogen-bond acceptors (Lipinski definition) is 7. The molecule has 0 aromatic heterocycles. The Hall–Kier alpha value is -3.97. The summed E-state index contributed by atoms with van der Waals surface area (Å²) in [5.74, 6) is -1.10. The van der Waals surface area contributed by atoms with Gasteiger partial charge in [0.2, 0.25) is 0 Å². The average molecular weight is 491 g/mol. The van der Waals surface area contributed by atoms with Gasteiger partial charge in [0.15, 0.2) is 0 Å². The molecule has 0 heterocycles. The van der Waals surface area contributed by atoms with Gasteiger partial charge >= 0.3 is 17.9 Å². The maximum atomic E-state index is 12.3. The Morgan fingerprint density at radius 1 is 0.778 bits per heavy atom. The predicted molar refractivity (Wildman–Crippen MR) is 136 cm³/mol. The normalized spacial score (nSPS) is 13.7. The number of aliphatic hydroxyl groups excluding tert-OH is 1. The van der Waals surface area contributed by atoms with E-state index in [1.807, 2.05) is 12.2 Å². The highest BCUT2D eigenvalue weighted by Gasteiger charge is 2.20. The molecule has 1 aliphatic rings. The molecule has 1 aliphatic carbocycles. The fourth-order valence-electron chi connectivity index (χ4n) is 3.57. The number of esters is 3. The van der Waals surface area contributed by atoms with Crippen LogP contribution in [0.25, 0.3) is 12.2 Å². The SMILES string of the molecule is C=C(CO)C(=O)Oc1ccc(/C=C/c2ccc(OC(=O)C(=C)CC(=O)OC3CCCCC3)cc2)cc1. The maximum absolute atomic E-state index is 12.3. The van der Waals surface area contributed by atoms with Crippen molar-refractivity contribution in [3.8, 4) is 11.5 Å². The summed E-state index contributed by atoms with van der Waals surface area (Å²) in [6, 6.07) is 13.7. The van der Waals surface area contributed by atoms with E-state index in [9.17, 15) is 14.4 Å². The molecule has 188 valence electrons. The van der Waals surface area contributed by atoms with Crippen molar-refractivity contribution in [3.05, 3.63) is 84.0 Å². The largest absolute Gasteiger partial charge is 0.462 e. The van der Waals surface area contributed by atoms with Crippen molar-refractivity contribution in [2.45, 2.75) is 44.6 Å². The van der Waals surface area contributed by atoms with Crippen LogP contribution in [0.15, 0.2) is 72.8 Å². The summed E-state index contributed by atoms with van der Waals surface area (Å²) in [4.78, 5) is 36.0. The first-order valence-corrected chi connectivity index (χ1v) is 11.8. The molecule has 0 aliphatic heterocycles. The van der Waals surface area contributed by atoms with Crippen LogP contribution in [-0.4, -0.2) is 35.7 Å². The Labute approximate surface area is 210 Å². The second-order valence-electron chi connectivity index (χ2n) is 8.54. The van der Waals surface area contributed by atoms with E-state index in [1.54, 1.807) is 48.5 Å². The van der Waals surface area contributed by atoms with E-state index in [0.717, 1.165) is 43.2 Å². The second kappa shape index (κ2) is 13.2. The number of carbonyl (C=O) groups is 3. The first-order valence-electron chi connectivity index (χ1n) is 11.8. The lowest BCUT2D eigenvalue weighted by atomic mass is 9.98. The van der Waals surface area contributed by atoms with Crippen LogP contribution in [0.2, 0.25) is 0 Å². The molecule has 2 aromatic carbocycles. The van der Waals surface area contributed by atoms with E-state index in [4.69, 9.17) is 19.3 Å². The summed E-state index contributed by atoms with van der Waals surface area (Å²) in [5.41, 5.74) is 1.78. The van der Waals surface area contributed by atoms with Crippen molar-refractivity contribution in [1.29, 1.82) is 0 Å². The van der Waals surface area contributed by atoms with Gasteiger partial charge < -0.3 is 19.3 Å². The first kappa shape index (κ1) is 26.6. The standard InChI is InChI=1S/C29H30O7/c1-20(18-27(31)34-24-6-4-3-5-7-24)28(32)35-25-14-10-22(11-15-25)8-9-23-12-16-26(17-13-23)36-29(33)21(2)19-30/h8-17,24,30H,1-7,18-19H2/b9-8+. The number of hydrogen-bond donors (Lipinski definition) is 1. The lowest BCUT2D eigenvalue weighted by molar-refractivity contribution is -0.150. The summed E-state index contributed by atoms with van der Waals surface area (Å²) in [7, 11) is 0. The Bertz CT molecular complexity index is 1120. The fraction of sp³-hybridized carbons (Fsp3) is 0.276. The zero-order valence-corrected chi connectivity index (χ0v) is 20.1. The molecule has 0 amide bonds. The Balaban J connectivity index is 1.47. The van der Waals surface area contributed by atoms with E-state index < -0.39 is 24.5 Å². The molecule has 0 spiro atoms. The van der Waals surface area contributed by atoms with Gasteiger partial charge in [0, 0.05) is 5.57 Å². The number of aliphatic hydroxyl groups is 1. The molecular formula is C29H30O7. The molecule has 0 saturated heterocycles. The van der Waals surface area contributed by atoms with Gasteiger partial charge in [-0.25, -0.2) is 9.59 Å². The Kier molecular flexibility index (Phi) is 9.77. The van der Waals surface area contributed by atoms with Crippen molar-refractivity contribution in [2.24, 2.45) is 0 Å². The van der Waals surface area contributed by atoms with E-state index in [2.05, 4.69) is 13.2 Å². The summed E-state index contributed by atoms with van der Waals surface area (Å²) in [5, 5.41) is 8.92. The van der Waals surface area contributed by atoms with Gasteiger partial charge in [-0.3, -0.25) is 4.79 Å². The van der Waals surface area contributed by atoms with Crippen LogP contribution in [0.3, 0.4) is 0 Å². The smallest absolute Gasteiger partial charge is 0.341 e. The topological polar surface area (TPSA) is 99.1 Å². The molecule has 7 nitrogen and oxygen atoms in total. The van der Waals surface area contributed by atoms with Crippen molar-refractivity contribution in [1.82, 2.24) is 0 Å². The molecule has 0 radical (unpaired) electrons. The molecule has 0 bridgehead atoms. The molecule has 2 aromatic rings. The van der Waals surface area contributed by atoms with Gasteiger partial charge in [-0.1, -0.05) is 56.0 Å². The highest BCUT2D eigenvalue weighted by atomic mass is 16.5. The van der Waals surface area contributed by atoms with Crippen LogP contribution < -0.4 is 9.47 Å². The third kappa shape index (κ3) is 8.36. The van der Waals surface area contributed by atoms with Crippen LogP contribution in [0, 0.1) is 0 Å². The van der Waals surface area contributed by atoms with E-state index in [0.29, 0.717) is 11.5 Å². The predicted octanol–water partition coefficient (Wildman–Crippen LogP) is 5.04. The Morgan fingerprint density at radius 3 is 1.72 bits per heavy atom. The van der Waals surface area contributed by atoms with Crippen LogP contribution in [-0.2, 0) is 19.1 Å². The van der Waals surface area contributed by atoms with Crippen molar-refractivity contribution < 1.29 is 33.7 Å². The second-order valence-corrected chi connectivity index (χ2v) is 8.54. The number of ether oxygens (including phenoxy) is 3. The Morgan fingerprint density at radius 2 is 1.25 bits per heavy atom. The molecule has 1 saturated carbocycles. The first-order chi connectivity index (χ1) is 17.3. The molecule has 3 rings (SSSR count). The van der Waals surface area contributed by atoms with Gasteiger partial charge in [-0.2, -0.15) is 0 Å². The zero-order chi connectivity index (χ0) is 25.9. The van der Waals surface area contributed by atoms with Gasteiger partial charge in [-0.05, 0) is 61.1 Å². The summed E-state index contributed by atoms with van der Waals surface area (Å²) in [6.07, 6.45) is 8.50. The number of carbonyl (C=O) groups excluding carboxylic acids is 3. The van der Waals surface area contributed by atoms with Gasteiger partial charge in [0.05, 0.1) is 18.6 Å². The zero-order valence-electron chi connectivity index (χ0n) is 20.1. The maximum Gasteiger partial charge on any atom is 0.341 e. The minimum atomic E-state index is -0.676. The minimum absolute atomic E-state index is 0.0189.